The van der Waals surface area contributed by atoms with Crippen molar-refractivity contribution in [3.8, 4) is 0 Å². The fraction of sp³-hybridized carbons (Fsp3) is 0.308. The zero-order chi connectivity index (χ0) is 12.3. The molecule has 2 nitrogen and oxygen atoms in total. The van der Waals surface area contributed by atoms with Gasteiger partial charge in [0.05, 0.1) is 0 Å². The molecule has 0 fully saturated rings. The molecule has 0 saturated heterocycles. The molecule has 1 aromatic carbocycles. The Kier molecular flexibility index (Phi) is 4.18. The lowest BCUT2D eigenvalue weighted by atomic mass is 10.2. The molecule has 1 unspecified atom stereocenters. The zero-order valence-corrected chi connectivity index (χ0v) is 11.2. The first kappa shape index (κ1) is 12.6. The second kappa shape index (κ2) is 5.65. The predicted molar refractivity (Wildman–Crippen MR) is 75.1 cm³/mol. The third kappa shape index (κ3) is 2.87. The van der Waals surface area contributed by atoms with Crippen LogP contribution in [0.15, 0.2) is 35.2 Å². The van der Waals surface area contributed by atoms with Gasteiger partial charge in [-0.3, -0.25) is 0 Å². The number of thioether (sulfide) groups is 2. The monoisotopic (exact) mass is 266 g/mol. The van der Waals surface area contributed by atoms with Crippen LogP contribution in [0.4, 0.5) is 0 Å². The van der Waals surface area contributed by atoms with Crippen LogP contribution in [-0.2, 0) is 4.79 Å². The maximum Gasteiger partial charge on any atom is 0.343 e. The van der Waals surface area contributed by atoms with Gasteiger partial charge in [0, 0.05) is 15.9 Å². The van der Waals surface area contributed by atoms with Crippen molar-refractivity contribution in [1.29, 1.82) is 0 Å². The fourth-order valence-corrected chi connectivity index (χ4v) is 4.37. The molecule has 0 bridgehead atoms. The van der Waals surface area contributed by atoms with Gasteiger partial charge in [0.15, 0.2) is 0 Å². The lowest BCUT2D eigenvalue weighted by Gasteiger charge is -2.23. The summed E-state index contributed by atoms with van der Waals surface area (Å²) in [6.45, 7) is 2.15. The predicted octanol–water partition coefficient (Wildman–Crippen LogP) is 3.70. The summed E-state index contributed by atoms with van der Waals surface area (Å²) in [6, 6.07) is 9.79. The van der Waals surface area contributed by atoms with Gasteiger partial charge >= 0.3 is 5.97 Å². The van der Waals surface area contributed by atoms with Gasteiger partial charge in [-0.25, -0.2) is 4.79 Å². The molecule has 1 atom stereocenters. The Bertz CT molecular complexity index is 440. The minimum Gasteiger partial charge on any atom is -0.477 e. The van der Waals surface area contributed by atoms with Crippen LogP contribution in [0.3, 0.4) is 0 Å². The standard InChI is InChI=1S/C13H14O2S2/c1-2-10-8-16-12(13(14)15)11(17-10)9-6-4-3-5-7-9/h3-7,10H,2,8H2,1H3,(H,14,15). The molecule has 1 aliphatic rings. The Morgan fingerprint density at radius 2 is 2.12 bits per heavy atom. The van der Waals surface area contributed by atoms with Crippen molar-refractivity contribution in [2.45, 2.75) is 18.6 Å². The van der Waals surface area contributed by atoms with Gasteiger partial charge in [-0.2, -0.15) is 0 Å². The van der Waals surface area contributed by atoms with Crippen molar-refractivity contribution in [2.24, 2.45) is 0 Å². The summed E-state index contributed by atoms with van der Waals surface area (Å²) in [7, 11) is 0. The average molecular weight is 266 g/mol. The SMILES string of the molecule is CCC1CSC(C(=O)O)=C(c2ccccc2)S1. The number of benzene rings is 1. The second-order valence-corrected chi connectivity index (χ2v) is 6.13. The first-order valence-electron chi connectivity index (χ1n) is 5.54. The van der Waals surface area contributed by atoms with Crippen molar-refractivity contribution >= 4 is 34.4 Å². The topological polar surface area (TPSA) is 37.3 Å². The van der Waals surface area contributed by atoms with Gasteiger partial charge in [0.25, 0.3) is 0 Å². The molecule has 2 rings (SSSR count). The maximum absolute atomic E-state index is 11.2. The van der Waals surface area contributed by atoms with E-state index < -0.39 is 5.97 Å². The highest BCUT2D eigenvalue weighted by molar-refractivity contribution is 8.14. The van der Waals surface area contributed by atoms with Gasteiger partial charge < -0.3 is 5.11 Å². The molecule has 1 heterocycles. The number of carbonyl (C=O) groups is 1. The van der Waals surface area contributed by atoms with Crippen molar-refractivity contribution in [3.63, 3.8) is 0 Å². The first-order chi connectivity index (χ1) is 8.22. The molecule has 1 aromatic rings. The average Bonchev–Trinajstić information content (AvgIpc) is 2.39. The summed E-state index contributed by atoms with van der Waals surface area (Å²) in [5.41, 5.74) is 1.01. The molecule has 1 aliphatic heterocycles. The third-order valence-corrected chi connectivity index (χ3v) is 5.68. The lowest BCUT2D eigenvalue weighted by Crippen LogP contribution is -2.13. The van der Waals surface area contributed by atoms with E-state index in [1.807, 2.05) is 30.3 Å². The van der Waals surface area contributed by atoms with Crippen LogP contribution in [0.25, 0.3) is 4.91 Å². The van der Waals surface area contributed by atoms with Crippen molar-refractivity contribution in [3.05, 3.63) is 40.8 Å². The quantitative estimate of drug-likeness (QED) is 0.905. The first-order valence-corrected chi connectivity index (χ1v) is 7.41. The molecular formula is C13H14O2S2. The molecule has 0 aromatic heterocycles. The molecule has 17 heavy (non-hydrogen) atoms. The molecule has 4 heteroatoms. The fourth-order valence-electron chi connectivity index (χ4n) is 1.64. The van der Waals surface area contributed by atoms with Crippen LogP contribution >= 0.6 is 23.5 Å². The van der Waals surface area contributed by atoms with E-state index in [1.165, 1.54) is 11.8 Å². The summed E-state index contributed by atoms with van der Waals surface area (Å²) in [5.74, 6) is 0.0787. The summed E-state index contributed by atoms with van der Waals surface area (Å²) >= 11 is 3.17. The molecule has 0 spiro atoms. The highest BCUT2D eigenvalue weighted by atomic mass is 32.2. The van der Waals surface area contributed by atoms with Gasteiger partial charge in [-0.15, -0.1) is 23.5 Å². The Hall–Kier alpha value is -0.870. The third-order valence-electron chi connectivity index (χ3n) is 2.59. The number of aliphatic carboxylic acids is 1. The van der Waals surface area contributed by atoms with Gasteiger partial charge in [0.2, 0.25) is 0 Å². The molecule has 90 valence electrons. The Balaban J connectivity index is 2.40. The molecule has 1 N–H and O–H groups in total. The van der Waals surface area contributed by atoms with Crippen LogP contribution < -0.4 is 0 Å². The number of hydrogen-bond donors (Lipinski definition) is 1. The second-order valence-electron chi connectivity index (χ2n) is 3.79. The van der Waals surface area contributed by atoms with Crippen molar-refractivity contribution in [1.82, 2.24) is 0 Å². The zero-order valence-electron chi connectivity index (χ0n) is 9.55. The van der Waals surface area contributed by atoms with Crippen LogP contribution in [0.1, 0.15) is 18.9 Å². The van der Waals surface area contributed by atoms with E-state index in [9.17, 15) is 9.90 Å². The molecule has 0 amide bonds. The molecule has 0 saturated carbocycles. The van der Waals surface area contributed by atoms with Gasteiger partial charge in [-0.1, -0.05) is 37.3 Å². The van der Waals surface area contributed by atoms with Gasteiger partial charge in [0.1, 0.15) is 4.91 Å². The number of rotatable bonds is 3. The maximum atomic E-state index is 11.2. The van der Waals surface area contributed by atoms with Crippen molar-refractivity contribution < 1.29 is 9.90 Å². The molecule has 0 radical (unpaired) electrons. The van der Waals surface area contributed by atoms with Crippen LogP contribution in [-0.4, -0.2) is 22.1 Å². The van der Waals surface area contributed by atoms with E-state index in [2.05, 4.69) is 6.92 Å². The van der Waals surface area contributed by atoms with E-state index in [1.54, 1.807) is 11.8 Å². The number of hydrogen-bond acceptors (Lipinski definition) is 3. The largest absolute Gasteiger partial charge is 0.477 e. The van der Waals surface area contributed by atoms with E-state index in [0.717, 1.165) is 22.6 Å². The van der Waals surface area contributed by atoms with Crippen LogP contribution in [0.2, 0.25) is 0 Å². The summed E-state index contributed by atoms with van der Waals surface area (Å²) in [6.07, 6.45) is 1.07. The molecular weight excluding hydrogens is 252 g/mol. The number of carboxylic acid groups (broad SMARTS) is 1. The van der Waals surface area contributed by atoms with E-state index in [-0.39, 0.29) is 0 Å². The van der Waals surface area contributed by atoms with E-state index in [4.69, 9.17) is 0 Å². The Morgan fingerprint density at radius 3 is 2.71 bits per heavy atom. The minimum absolute atomic E-state index is 0.492. The van der Waals surface area contributed by atoms with Gasteiger partial charge in [-0.05, 0) is 12.0 Å². The van der Waals surface area contributed by atoms with E-state index >= 15 is 0 Å². The molecule has 0 aliphatic carbocycles. The summed E-state index contributed by atoms with van der Waals surface area (Å²) in [5, 5.41) is 9.75. The van der Waals surface area contributed by atoms with Crippen molar-refractivity contribution in [2.75, 3.05) is 5.75 Å². The summed E-state index contributed by atoms with van der Waals surface area (Å²) in [4.78, 5) is 12.7. The smallest absolute Gasteiger partial charge is 0.343 e. The van der Waals surface area contributed by atoms with Crippen LogP contribution in [0.5, 0.6) is 0 Å². The van der Waals surface area contributed by atoms with E-state index in [0.29, 0.717) is 10.2 Å². The lowest BCUT2D eigenvalue weighted by molar-refractivity contribution is -0.131. The summed E-state index contributed by atoms with van der Waals surface area (Å²) < 4.78 is 0. The Labute approximate surface area is 109 Å². The number of carboxylic acids is 1. The van der Waals surface area contributed by atoms with Crippen LogP contribution in [0, 0.1) is 0 Å². The highest BCUT2D eigenvalue weighted by Gasteiger charge is 2.26. The highest BCUT2D eigenvalue weighted by Crippen LogP contribution is 2.44. The minimum atomic E-state index is -0.809. The normalized spacial score (nSPS) is 20.4. The Morgan fingerprint density at radius 1 is 1.41 bits per heavy atom.